The van der Waals surface area contributed by atoms with Crippen LogP contribution in [0.5, 0.6) is 0 Å². The molecule has 0 amide bonds. The van der Waals surface area contributed by atoms with Crippen LogP contribution in [-0.2, 0) is 17.3 Å². The molecule has 1 nitrogen and oxygen atoms in total. The minimum absolute atomic E-state index is 0.467. The van der Waals surface area contributed by atoms with Crippen LogP contribution in [0.25, 0.3) is 0 Å². The molecule has 2 atom stereocenters. The molecule has 1 aromatic rings. The third-order valence-electron chi connectivity index (χ3n) is 3.64. The minimum Gasteiger partial charge on any atom is -0.363 e. The summed E-state index contributed by atoms with van der Waals surface area (Å²) >= 11 is 0. The molecule has 0 aliphatic heterocycles. The number of rotatable bonds is 8. The zero-order valence-corrected chi connectivity index (χ0v) is 17.3. The molecule has 0 saturated heterocycles. The number of alkyl halides is 3. The van der Waals surface area contributed by atoms with Gasteiger partial charge in [-0.25, -0.2) is 0 Å². The summed E-state index contributed by atoms with van der Waals surface area (Å²) < 4.78 is 43.6. The Labute approximate surface area is 153 Å². The highest BCUT2D eigenvalue weighted by Gasteiger charge is 2.30. The Morgan fingerprint density at radius 3 is 2.16 bits per heavy atom. The molecule has 0 spiro atoms. The van der Waals surface area contributed by atoms with E-state index in [2.05, 4.69) is 51.4 Å². The third-order valence-corrected chi connectivity index (χ3v) is 4.38. The highest BCUT2D eigenvalue weighted by atomic mass is 31.1. The Kier molecular flexibility index (Phi) is 8.81. The molecule has 2 unspecified atom stereocenters. The van der Waals surface area contributed by atoms with Crippen LogP contribution in [0.1, 0.15) is 44.7 Å². The molecule has 0 fully saturated rings. The van der Waals surface area contributed by atoms with E-state index >= 15 is 0 Å². The molecule has 0 saturated carbocycles. The molecule has 1 aromatic carbocycles. The number of halogens is 3. The van der Waals surface area contributed by atoms with E-state index in [0.717, 1.165) is 30.5 Å². The van der Waals surface area contributed by atoms with E-state index in [1.165, 1.54) is 23.3 Å². The number of hydrogen-bond acceptors (Lipinski definition) is 1. The van der Waals surface area contributed by atoms with E-state index in [0.29, 0.717) is 13.0 Å². The van der Waals surface area contributed by atoms with Gasteiger partial charge in [-0.3, -0.25) is 0 Å². The Morgan fingerprint density at radius 1 is 1.04 bits per heavy atom. The van der Waals surface area contributed by atoms with Gasteiger partial charge in [0, 0.05) is 6.42 Å². The van der Waals surface area contributed by atoms with Crippen molar-refractivity contribution >= 4 is 18.5 Å². The number of benzene rings is 1. The monoisotopic (exact) mass is 390 g/mol. The van der Waals surface area contributed by atoms with E-state index < -0.39 is 16.8 Å². The lowest BCUT2D eigenvalue weighted by molar-refractivity contribution is -0.137. The van der Waals surface area contributed by atoms with Gasteiger partial charge in [-0.15, -0.1) is 0 Å². The van der Waals surface area contributed by atoms with Crippen molar-refractivity contribution < 1.29 is 17.9 Å². The fourth-order valence-electron chi connectivity index (χ4n) is 2.21. The Balaban J connectivity index is 2.51. The fraction of sp³-hybridized carbons (Fsp3) is 0.474. The van der Waals surface area contributed by atoms with Gasteiger partial charge in [-0.05, 0) is 51.3 Å². The van der Waals surface area contributed by atoms with Crippen LogP contribution in [0.15, 0.2) is 47.6 Å². The molecular weight excluding hydrogens is 363 g/mol. The maximum absolute atomic E-state index is 12.6. The summed E-state index contributed by atoms with van der Waals surface area (Å²) in [4.78, 5) is 0. The number of hydrogen-bond donors (Lipinski definition) is 0. The summed E-state index contributed by atoms with van der Waals surface area (Å²) in [5, 5.41) is -0.601. The van der Waals surface area contributed by atoms with Gasteiger partial charge in [0.1, 0.15) is 0 Å². The molecule has 0 bridgehead atoms. The van der Waals surface area contributed by atoms with Gasteiger partial charge in [-0.2, -0.15) is 13.2 Å². The summed E-state index contributed by atoms with van der Waals surface area (Å²) in [5.74, 6) is 0. The van der Waals surface area contributed by atoms with Crippen LogP contribution in [-0.4, -0.2) is 11.7 Å². The molecule has 0 aromatic heterocycles. The predicted molar refractivity (Wildman–Crippen MR) is 106 cm³/mol. The first-order valence-electron chi connectivity index (χ1n) is 8.16. The molecule has 0 N–H and O–H groups in total. The topological polar surface area (TPSA) is 9.23 Å². The van der Waals surface area contributed by atoms with E-state index in [4.69, 9.17) is 4.74 Å². The van der Waals surface area contributed by atoms with Crippen LogP contribution in [0.4, 0.5) is 13.2 Å². The number of ether oxygens (including phenoxy) is 1. The number of allylic oxidation sites excluding steroid dienone is 3. The van der Waals surface area contributed by atoms with E-state index in [9.17, 15) is 13.2 Å². The third kappa shape index (κ3) is 9.54. The van der Waals surface area contributed by atoms with Crippen molar-refractivity contribution in [2.45, 2.75) is 51.3 Å². The molecule has 0 aliphatic rings. The van der Waals surface area contributed by atoms with Gasteiger partial charge in [0.05, 0.1) is 17.3 Å². The molecule has 0 aliphatic carbocycles. The van der Waals surface area contributed by atoms with Crippen LogP contribution in [0, 0.1) is 0 Å². The first-order valence-corrected chi connectivity index (χ1v) is 9.32. The SMILES string of the molecule is CC(C)=CCC/C(C)=C/COC(P)(P)Cc1ccc(C(F)(F)F)cc1. The highest BCUT2D eigenvalue weighted by Crippen LogP contribution is 2.34. The van der Waals surface area contributed by atoms with Crippen LogP contribution in [0.3, 0.4) is 0 Å². The molecule has 25 heavy (non-hydrogen) atoms. The van der Waals surface area contributed by atoms with Crippen LogP contribution < -0.4 is 0 Å². The van der Waals surface area contributed by atoms with Crippen molar-refractivity contribution in [3.8, 4) is 0 Å². The largest absolute Gasteiger partial charge is 0.416 e. The van der Waals surface area contributed by atoms with E-state index in [1.807, 2.05) is 0 Å². The van der Waals surface area contributed by atoms with Crippen molar-refractivity contribution in [2.24, 2.45) is 0 Å². The van der Waals surface area contributed by atoms with Gasteiger partial charge in [0.2, 0.25) is 0 Å². The summed E-state index contributed by atoms with van der Waals surface area (Å²) in [6.07, 6.45) is 2.46. The lowest BCUT2D eigenvalue weighted by Crippen LogP contribution is -2.20. The zero-order valence-electron chi connectivity index (χ0n) is 15.0. The Bertz CT molecular complexity index is 598. The first-order chi connectivity index (χ1) is 11.5. The average molecular weight is 390 g/mol. The van der Waals surface area contributed by atoms with Gasteiger partial charge in [0.25, 0.3) is 0 Å². The first kappa shape index (κ1) is 22.4. The minimum atomic E-state index is -4.30. The van der Waals surface area contributed by atoms with E-state index in [1.54, 1.807) is 0 Å². The average Bonchev–Trinajstić information content (AvgIpc) is 2.45. The lowest BCUT2D eigenvalue weighted by Gasteiger charge is -2.24. The smallest absolute Gasteiger partial charge is 0.363 e. The van der Waals surface area contributed by atoms with Crippen LogP contribution in [0.2, 0.25) is 0 Å². The molecule has 140 valence electrons. The van der Waals surface area contributed by atoms with Gasteiger partial charge < -0.3 is 4.74 Å². The second-order valence-electron chi connectivity index (χ2n) is 6.51. The molecule has 0 radical (unpaired) electrons. The van der Waals surface area contributed by atoms with Crippen molar-refractivity contribution in [3.63, 3.8) is 0 Å². The van der Waals surface area contributed by atoms with Crippen molar-refractivity contribution in [1.82, 2.24) is 0 Å². The summed E-state index contributed by atoms with van der Waals surface area (Å²) in [6.45, 7) is 6.71. The molecule has 0 heterocycles. The van der Waals surface area contributed by atoms with Gasteiger partial charge in [0.15, 0.2) is 0 Å². The Morgan fingerprint density at radius 2 is 1.64 bits per heavy atom. The molecular formula is C19H27F3OP2. The van der Waals surface area contributed by atoms with Crippen molar-refractivity contribution in [2.75, 3.05) is 6.61 Å². The second-order valence-corrected chi connectivity index (χ2v) is 9.13. The summed E-state index contributed by atoms with van der Waals surface area (Å²) in [7, 11) is 5.22. The quantitative estimate of drug-likeness (QED) is 0.371. The highest BCUT2D eigenvalue weighted by molar-refractivity contribution is 7.39. The molecule has 6 heteroatoms. The Hall–Kier alpha value is -0.690. The maximum Gasteiger partial charge on any atom is 0.416 e. The lowest BCUT2D eigenvalue weighted by atomic mass is 10.1. The zero-order chi connectivity index (χ0) is 19.1. The molecule has 1 rings (SSSR count). The van der Waals surface area contributed by atoms with Gasteiger partial charge in [-0.1, -0.05) is 53.9 Å². The summed E-state index contributed by atoms with van der Waals surface area (Å²) in [5.41, 5.74) is 2.74. The normalized spacial score (nSPS) is 13.0. The maximum atomic E-state index is 12.6. The van der Waals surface area contributed by atoms with Gasteiger partial charge >= 0.3 is 6.18 Å². The standard InChI is InChI=1S/C19H27F3OP2/c1-14(2)5-4-6-15(3)11-12-23-18(24,25)13-16-7-9-17(10-8-16)19(20,21)22/h5,7-11H,4,6,12-13,24-25H2,1-3H3/b15-11+. The van der Waals surface area contributed by atoms with Crippen molar-refractivity contribution in [1.29, 1.82) is 0 Å². The fourth-order valence-corrected chi connectivity index (χ4v) is 2.88. The van der Waals surface area contributed by atoms with Crippen molar-refractivity contribution in [3.05, 3.63) is 58.7 Å². The van der Waals surface area contributed by atoms with E-state index in [-0.39, 0.29) is 0 Å². The predicted octanol–water partition coefficient (Wildman–Crippen LogP) is 6.36. The summed E-state index contributed by atoms with van der Waals surface area (Å²) in [6, 6.07) is 5.20. The second kappa shape index (κ2) is 9.86. The van der Waals surface area contributed by atoms with Crippen LogP contribution >= 0.6 is 18.5 Å².